The van der Waals surface area contributed by atoms with Crippen molar-refractivity contribution in [1.82, 2.24) is 10.3 Å². The number of hydrogen-bond donors (Lipinski definition) is 1. The quantitative estimate of drug-likeness (QED) is 0.797. The molecule has 1 aromatic heterocycles. The number of ether oxygens (including phenoxy) is 1. The molecule has 2 atom stereocenters. The molecule has 88 valence electrons. The van der Waals surface area contributed by atoms with Gasteiger partial charge in [-0.25, -0.2) is 0 Å². The molecule has 1 aliphatic rings. The Morgan fingerprint density at radius 3 is 2.88 bits per heavy atom. The summed E-state index contributed by atoms with van der Waals surface area (Å²) in [6, 6.07) is 6.81. The predicted octanol–water partition coefficient (Wildman–Crippen LogP) is 2.16. The highest BCUT2D eigenvalue weighted by Crippen LogP contribution is 2.33. The molecule has 1 heterocycles. The summed E-state index contributed by atoms with van der Waals surface area (Å²) in [5, 5.41) is 3.61. The first-order valence-corrected chi connectivity index (χ1v) is 5.97. The molecular weight excluding hydrogens is 200 g/mol. The zero-order chi connectivity index (χ0) is 11.4. The Morgan fingerprint density at radius 2 is 2.31 bits per heavy atom. The van der Waals surface area contributed by atoms with Crippen molar-refractivity contribution in [3.63, 3.8) is 0 Å². The van der Waals surface area contributed by atoms with Crippen LogP contribution >= 0.6 is 0 Å². The SMILES string of the molecule is COCC(N[C@@H](C)c1ccccn1)C1CC1. The highest BCUT2D eigenvalue weighted by atomic mass is 16.5. The van der Waals surface area contributed by atoms with Crippen LogP contribution in [0.5, 0.6) is 0 Å². The summed E-state index contributed by atoms with van der Waals surface area (Å²) in [6.45, 7) is 2.95. The number of pyridine rings is 1. The fraction of sp³-hybridized carbons (Fsp3) is 0.615. The summed E-state index contributed by atoms with van der Waals surface area (Å²) >= 11 is 0. The molecule has 1 fully saturated rings. The van der Waals surface area contributed by atoms with Crippen molar-refractivity contribution >= 4 is 0 Å². The molecule has 16 heavy (non-hydrogen) atoms. The normalized spacial score (nSPS) is 19.4. The fourth-order valence-electron chi connectivity index (χ4n) is 2.04. The van der Waals surface area contributed by atoms with E-state index in [4.69, 9.17) is 4.74 Å². The average molecular weight is 220 g/mol. The van der Waals surface area contributed by atoms with Gasteiger partial charge in [0, 0.05) is 25.4 Å². The third kappa shape index (κ3) is 3.03. The highest BCUT2D eigenvalue weighted by molar-refractivity contribution is 5.08. The molecule has 0 spiro atoms. The smallest absolute Gasteiger partial charge is 0.0618 e. The van der Waals surface area contributed by atoms with Crippen LogP contribution in [0.4, 0.5) is 0 Å². The van der Waals surface area contributed by atoms with E-state index in [1.165, 1.54) is 12.8 Å². The van der Waals surface area contributed by atoms with E-state index in [1.54, 1.807) is 7.11 Å². The Bertz CT molecular complexity index is 311. The highest BCUT2D eigenvalue weighted by Gasteiger charge is 2.32. The summed E-state index contributed by atoms with van der Waals surface area (Å²) in [6.07, 6.45) is 4.50. The van der Waals surface area contributed by atoms with Gasteiger partial charge in [-0.05, 0) is 37.8 Å². The van der Waals surface area contributed by atoms with Gasteiger partial charge in [-0.1, -0.05) is 6.07 Å². The topological polar surface area (TPSA) is 34.1 Å². The van der Waals surface area contributed by atoms with Gasteiger partial charge in [-0.15, -0.1) is 0 Å². The number of nitrogens with one attached hydrogen (secondary N) is 1. The summed E-state index contributed by atoms with van der Waals surface area (Å²) in [7, 11) is 1.77. The van der Waals surface area contributed by atoms with Gasteiger partial charge >= 0.3 is 0 Å². The first-order valence-electron chi connectivity index (χ1n) is 5.97. The maximum atomic E-state index is 5.26. The van der Waals surface area contributed by atoms with Crippen LogP contribution in [0.2, 0.25) is 0 Å². The first-order chi connectivity index (χ1) is 7.81. The van der Waals surface area contributed by atoms with Gasteiger partial charge in [-0.3, -0.25) is 4.98 Å². The molecule has 0 amide bonds. The van der Waals surface area contributed by atoms with Crippen molar-refractivity contribution in [2.24, 2.45) is 5.92 Å². The fourth-order valence-corrected chi connectivity index (χ4v) is 2.04. The number of hydrogen-bond acceptors (Lipinski definition) is 3. The van der Waals surface area contributed by atoms with Crippen molar-refractivity contribution < 1.29 is 4.74 Å². The molecule has 2 rings (SSSR count). The predicted molar refractivity (Wildman–Crippen MR) is 64.2 cm³/mol. The van der Waals surface area contributed by atoms with Crippen LogP contribution in [0, 0.1) is 5.92 Å². The van der Waals surface area contributed by atoms with E-state index in [0.29, 0.717) is 12.1 Å². The second-order valence-corrected chi connectivity index (χ2v) is 4.54. The molecule has 0 aliphatic heterocycles. The van der Waals surface area contributed by atoms with Gasteiger partial charge in [0.1, 0.15) is 0 Å². The molecular formula is C13H20N2O. The maximum absolute atomic E-state index is 5.26. The lowest BCUT2D eigenvalue weighted by molar-refractivity contribution is 0.152. The summed E-state index contributed by atoms with van der Waals surface area (Å²) in [5.41, 5.74) is 1.10. The van der Waals surface area contributed by atoms with Crippen molar-refractivity contribution in [2.75, 3.05) is 13.7 Å². The Kier molecular flexibility index (Phi) is 3.91. The average Bonchev–Trinajstić information content (AvgIpc) is 3.13. The number of methoxy groups -OCH3 is 1. The standard InChI is InChI=1S/C13H20N2O/c1-10(12-5-3-4-8-14-12)15-13(9-16-2)11-6-7-11/h3-5,8,10-11,13,15H,6-7,9H2,1-2H3/t10-,13?/m0/s1. The second kappa shape index (κ2) is 5.41. The number of nitrogens with zero attached hydrogens (tertiary/aromatic N) is 1. The van der Waals surface area contributed by atoms with E-state index >= 15 is 0 Å². The molecule has 0 aromatic carbocycles. The van der Waals surface area contributed by atoms with E-state index in [0.717, 1.165) is 18.2 Å². The lowest BCUT2D eigenvalue weighted by Crippen LogP contribution is -2.37. The Hall–Kier alpha value is -0.930. The Balaban J connectivity index is 1.92. The van der Waals surface area contributed by atoms with E-state index < -0.39 is 0 Å². The maximum Gasteiger partial charge on any atom is 0.0618 e. The minimum absolute atomic E-state index is 0.293. The van der Waals surface area contributed by atoms with Gasteiger partial charge in [0.05, 0.1) is 12.3 Å². The minimum atomic E-state index is 0.293. The third-order valence-electron chi connectivity index (χ3n) is 3.13. The molecule has 0 saturated heterocycles. The zero-order valence-corrected chi connectivity index (χ0v) is 10.0. The summed E-state index contributed by atoms with van der Waals surface area (Å²) in [4.78, 5) is 4.37. The van der Waals surface area contributed by atoms with Gasteiger partial charge in [-0.2, -0.15) is 0 Å². The molecule has 0 radical (unpaired) electrons. The van der Waals surface area contributed by atoms with Crippen LogP contribution in [0.25, 0.3) is 0 Å². The number of rotatable bonds is 6. The summed E-state index contributed by atoms with van der Waals surface area (Å²) < 4.78 is 5.26. The van der Waals surface area contributed by atoms with Gasteiger partial charge in [0.15, 0.2) is 0 Å². The zero-order valence-electron chi connectivity index (χ0n) is 10.0. The lowest BCUT2D eigenvalue weighted by atomic mass is 10.1. The van der Waals surface area contributed by atoms with Crippen LogP contribution in [0.15, 0.2) is 24.4 Å². The Morgan fingerprint density at radius 1 is 1.50 bits per heavy atom. The third-order valence-corrected chi connectivity index (χ3v) is 3.13. The molecule has 1 N–H and O–H groups in total. The summed E-state index contributed by atoms with van der Waals surface area (Å²) in [5.74, 6) is 0.797. The van der Waals surface area contributed by atoms with E-state index in [1.807, 2.05) is 18.3 Å². The van der Waals surface area contributed by atoms with Crippen molar-refractivity contribution in [1.29, 1.82) is 0 Å². The van der Waals surface area contributed by atoms with Crippen LogP contribution in [0.1, 0.15) is 31.5 Å². The van der Waals surface area contributed by atoms with Gasteiger partial charge in [0.2, 0.25) is 0 Å². The van der Waals surface area contributed by atoms with Crippen molar-refractivity contribution in [2.45, 2.75) is 31.8 Å². The van der Waals surface area contributed by atoms with Crippen LogP contribution in [-0.2, 0) is 4.74 Å². The van der Waals surface area contributed by atoms with E-state index in [9.17, 15) is 0 Å². The molecule has 1 aromatic rings. The first kappa shape index (κ1) is 11.6. The molecule has 1 unspecified atom stereocenters. The molecule has 0 bridgehead atoms. The van der Waals surface area contributed by atoms with Crippen LogP contribution < -0.4 is 5.32 Å². The number of aromatic nitrogens is 1. The van der Waals surface area contributed by atoms with Crippen molar-refractivity contribution in [3.05, 3.63) is 30.1 Å². The van der Waals surface area contributed by atoms with Crippen LogP contribution in [-0.4, -0.2) is 24.7 Å². The monoisotopic (exact) mass is 220 g/mol. The van der Waals surface area contributed by atoms with Gasteiger partial charge < -0.3 is 10.1 Å². The molecule has 1 aliphatic carbocycles. The Labute approximate surface area is 97.2 Å². The molecule has 3 nitrogen and oxygen atoms in total. The van der Waals surface area contributed by atoms with Gasteiger partial charge in [0.25, 0.3) is 0 Å². The van der Waals surface area contributed by atoms with E-state index in [2.05, 4.69) is 23.3 Å². The lowest BCUT2D eigenvalue weighted by Gasteiger charge is -2.22. The largest absolute Gasteiger partial charge is 0.383 e. The second-order valence-electron chi connectivity index (χ2n) is 4.54. The van der Waals surface area contributed by atoms with Crippen molar-refractivity contribution in [3.8, 4) is 0 Å². The van der Waals surface area contributed by atoms with Crippen LogP contribution in [0.3, 0.4) is 0 Å². The minimum Gasteiger partial charge on any atom is -0.383 e. The molecule has 1 saturated carbocycles. The van der Waals surface area contributed by atoms with E-state index in [-0.39, 0.29) is 0 Å². The molecule has 3 heteroatoms.